The van der Waals surface area contributed by atoms with E-state index in [2.05, 4.69) is 0 Å². The fraction of sp³-hybridized carbons (Fsp3) is 0.538. The van der Waals surface area contributed by atoms with Gasteiger partial charge in [-0.05, 0) is 32.4 Å². The van der Waals surface area contributed by atoms with Gasteiger partial charge in [-0.2, -0.15) is 13.2 Å². The van der Waals surface area contributed by atoms with Crippen molar-refractivity contribution in [2.45, 2.75) is 45.4 Å². The lowest BCUT2D eigenvalue weighted by Gasteiger charge is -2.33. The lowest BCUT2D eigenvalue weighted by molar-refractivity contribution is -0.151. The molecule has 0 amide bonds. The maximum atomic E-state index is 13.4. The van der Waals surface area contributed by atoms with Crippen LogP contribution in [-0.4, -0.2) is 19.4 Å². The maximum absolute atomic E-state index is 13.4. The van der Waals surface area contributed by atoms with E-state index >= 15 is 0 Å². The predicted octanol–water partition coefficient (Wildman–Crippen LogP) is 3.08. The molecule has 1 rings (SSSR count). The van der Waals surface area contributed by atoms with Gasteiger partial charge in [-0.3, -0.25) is 0 Å². The van der Waals surface area contributed by atoms with Gasteiger partial charge < -0.3 is 4.74 Å². The van der Waals surface area contributed by atoms with E-state index < -0.39 is 29.0 Å². The van der Waals surface area contributed by atoms with Gasteiger partial charge in [0.2, 0.25) is 0 Å². The fourth-order valence-corrected chi connectivity index (χ4v) is 1.74. The lowest BCUT2D eigenvalue weighted by atomic mass is 9.91. The summed E-state index contributed by atoms with van der Waals surface area (Å²) < 4.78 is 71.0. The number of rotatable bonds is 3. The van der Waals surface area contributed by atoms with Crippen molar-refractivity contribution < 1.29 is 26.7 Å². The molecule has 0 radical (unpaired) electrons. The molecule has 0 N–H and O–H groups in total. The van der Waals surface area contributed by atoms with Gasteiger partial charge in [-0.15, -0.1) is 0 Å². The van der Waals surface area contributed by atoms with Crippen molar-refractivity contribution in [1.29, 1.82) is 0 Å². The van der Waals surface area contributed by atoms with Crippen LogP contribution in [0.4, 0.5) is 22.0 Å². The van der Waals surface area contributed by atoms with Crippen LogP contribution in [0.5, 0.6) is 5.75 Å². The quantitative estimate of drug-likeness (QED) is 0.615. The van der Waals surface area contributed by atoms with Gasteiger partial charge in [0.25, 0.3) is 5.92 Å². The summed E-state index contributed by atoms with van der Waals surface area (Å²) in [5, 5.41) is 0. The standard InChI is InChI=1S/C13H16BF5O/c1-7-5-8(14)6-9(10(7)13(17,18)19)20-11(2,3)12(4,15)16/h5-6H,14H2,1-4H3. The zero-order valence-corrected chi connectivity index (χ0v) is 12.0. The molecule has 0 saturated heterocycles. The van der Waals surface area contributed by atoms with Crippen LogP contribution in [0.1, 0.15) is 31.9 Å². The summed E-state index contributed by atoms with van der Waals surface area (Å²) in [7, 11) is 1.58. The predicted molar refractivity (Wildman–Crippen MR) is 69.7 cm³/mol. The third-order valence-electron chi connectivity index (χ3n) is 3.15. The zero-order valence-electron chi connectivity index (χ0n) is 12.0. The number of hydrogen-bond donors (Lipinski definition) is 0. The average molecular weight is 294 g/mol. The SMILES string of the molecule is Bc1cc(C)c(C(F)(F)F)c(OC(C)(C)C(C)(F)F)c1. The minimum atomic E-state index is -4.66. The van der Waals surface area contributed by atoms with E-state index in [1.165, 1.54) is 13.0 Å². The third-order valence-corrected chi connectivity index (χ3v) is 3.15. The van der Waals surface area contributed by atoms with Crippen molar-refractivity contribution in [1.82, 2.24) is 0 Å². The van der Waals surface area contributed by atoms with E-state index in [4.69, 9.17) is 4.74 Å². The summed E-state index contributed by atoms with van der Waals surface area (Å²) in [4.78, 5) is 0. The molecule has 0 atom stereocenters. The Morgan fingerprint density at radius 1 is 1.00 bits per heavy atom. The molecule has 0 aliphatic rings. The highest BCUT2D eigenvalue weighted by Crippen LogP contribution is 2.41. The van der Waals surface area contributed by atoms with Crippen molar-refractivity contribution in [3.63, 3.8) is 0 Å². The second-order valence-corrected chi connectivity index (χ2v) is 5.45. The Morgan fingerprint density at radius 3 is 1.90 bits per heavy atom. The first-order valence-electron chi connectivity index (χ1n) is 6.01. The maximum Gasteiger partial charge on any atom is 0.420 e. The highest BCUT2D eigenvalue weighted by atomic mass is 19.4. The molecule has 0 aliphatic carbocycles. The van der Waals surface area contributed by atoms with Crippen LogP contribution in [0.3, 0.4) is 0 Å². The number of halogens is 5. The Kier molecular flexibility index (Phi) is 4.14. The molecule has 0 saturated carbocycles. The summed E-state index contributed by atoms with van der Waals surface area (Å²) in [6, 6.07) is 2.47. The molecule has 0 fully saturated rings. The molecule has 0 aliphatic heterocycles. The van der Waals surface area contributed by atoms with Crippen molar-refractivity contribution in [2.24, 2.45) is 0 Å². The highest BCUT2D eigenvalue weighted by Gasteiger charge is 2.46. The van der Waals surface area contributed by atoms with Gasteiger partial charge >= 0.3 is 6.18 Å². The van der Waals surface area contributed by atoms with E-state index in [1.54, 1.807) is 7.85 Å². The smallest absolute Gasteiger partial charge is 0.420 e. The van der Waals surface area contributed by atoms with Crippen LogP contribution in [-0.2, 0) is 6.18 Å². The molecule has 0 heterocycles. The van der Waals surface area contributed by atoms with Crippen molar-refractivity contribution in [2.75, 3.05) is 0 Å². The first-order valence-corrected chi connectivity index (χ1v) is 6.01. The van der Waals surface area contributed by atoms with E-state index in [9.17, 15) is 22.0 Å². The van der Waals surface area contributed by atoms with Crippen LogP contribution in [0.15, 0.2) is 12.1 Å². The average Bonchev–Trinajstić information content (AvgIpc) is 2.09. The molecule has 1 nitrogen and oxygen atoms in total. The highest BCUT2D eigenvalue weighted by molar-refractivity contribution is 6.32. The molecule has 112 valence electrons. The summed E-state index contributed by atoms with van der Waals surface area (Å²) in [6.45, 7) is 4.01. The van der Waals surface area contributed by atoms with Crippen LogP contribution in [0, 0.1) is 6.92 Å². The Hall–Kier alpha value is -1.27. The van der Waals surface area contributed by atoms with Crippen LogP contribution >= 0.6 is 0 Å². The van der Waals surface area contributed by atoms with Gasteiger partial charge in [0.1, 0.15) is 19.2 Å². The van der Waals surface area contributed by atoms with E-state index in [0.29, 0.717) is 12.4 Å². The van der Waals surface area contributed by atoms with E-state index in [-0.39, 0.29) is 5.56 Å². The molecule has 0 unspecified atom stereocenters. The third kappa shape index (κ3) is 3.43. The monoisotopic (exact) mass is 294 g/mol. The molecular formula is C13H16BF5O. The van der Waals surface area contributed by atoms with E-state index in [1.807, 2.05) is 0 Å². The van der Waals surface area contributed by atoms with Crippen LogP contribution in [0.2, 0.25) is 0 Å². The number of aryl methyl sites for hydroxylation is 1. The number of alkyl halides is 5. The molecule has 20 heavy (non-hydrogen) atoms. The second-order valence-electron chi connectivity index (χ2n) is 5.45. The minimum absolute atomic E-state index is 0.0530. The largest absolute Gasteiger partial charge is 0.481 e. The summed E-state index contributed by atoms with van der Waals surface area (Å²) in [6.07, 6.45) is -4.66. The molecule has 0 bridgehead atoms. The zero-order chi connectivity index (χ0) is 15.9. The summed E-state index contributed by atoms with van der Waals surface area (Å²) >= 11 is 0. The number of hydrogen-bond acceptors (Lipinski definition) is 1. The van der Waals surface area contributed by atoms with Crippen molar-refractivity contribution in [3.8, 4) is 5.75 Å². The molecule has 0 aromatic heterocycles. The number of benzene rings is 1. The van der Waals surface area contributed by atoms with Gasteiger partial charge in [0.05, 0.1) is 0 Å². The fourth-order valence-electron chi connectivity index (χ4n) is 1.74. The topological polar surface area (TPSA) is 9.23 Å². The Labute approximate surface area is 115 Å². The number of ether oxygens (including phenoxy) is 1. The Bertz CT molecular complexity index is 503. The van der Waals surface area contributed by atoms with Crippen LogP contribution < -0.4 is 10.2 Å². The Morgan fingerprint density at radius 2 is 1.50 bits per heavy atom. The molecule has 0 spiro atoms. The van der Waals surface area contributed by atoms with E-state index in [0.717, 1.165) is 19.9 Å². The first kappa shape index (κ1) is 16.8. The molecule has 1 aromatic rings. The lowest BCUT2D eigenvalue weighted by Crippen LogP contribution is -2.46. The van der Waals surface area contributed by atoms with Gasteiger partial charge in [-0.1, -0.05) is 11.5 Å². The summed E-state index contributed by atoms with van der Waals surface area (Å²) in [5.74, 6) is -3.85. The van der Waals surface area contributed by atoms with Gasteiger partial charge in [0, 0.05) is 6.92 Å². The van der Waals surface area contributed by atoms with Crippen molar-refractivity contribution in [3.05, 3.63) is 23.3 Å². The molecular weight excluding hydrogens is 278 g/mol. The minimum Gasteiger partial charge on any atom is -0.481 e. The normalized spacial score (nSPS) is 13.4. The second kappa shape index (κ2) is 4.93. The van der Waals surface area contributed by atoms with Crippen molar-refractivity contribution >= 4 is 13.3 Å². The summed E-state index contributed by atoms with van der Waals surface area (Å²) in [5.41, 5.74) is -2.60. The Balaban J connectivity index is 3.39. The van der Waals surface area contributed by atoms with Crippen LogP contribution in [0.25, 0.3) is 0 Å². The first-order chi connectivity index (χ1) is 8.75. The molecule has 1 aromatic carbocycles. The van der Waals surface area contributed by atoms with Gasteiger partial charge in [0.15, 0.2) is 5.60 Å². The van der Waals surface area contributed by atoms with Gasteiger partial charge in [-0.25, -0.2) is 8.78 Å². The molecule has 7 heteroatoms.